The number of hydrogen-bond donors (Lipinski definition) is 3. The van der Waals surface area contributed by atoms with Crippen molar-refractivity contribution < 1.29 is 14.4 Å². The van der Waals surface area contributed by atoms with E-state index in [1.54, 1.807) is 12.1 Å². The molecule has 2 rings (SSSR count). The van der Waals surface area contributed by atoms with Gasteiger partial charge in [0.2, 0.25) is 11.8 Å². The lowest BCUT2D eigenvalue weighted by molar-refractivity contribution is -0.120. The van der Waals surface area contributed by atoms with Gasteiger partial charge in [0, 0.05) is 18.0 Å². The zero-order valence-electron chi connectivity index (χ0n) is 15.9. The Kier molecular flexibility index (Phi) is 9.18. The Balaban J connectivity index is 1.80. The third-order valence-corrected chi connectivity index (χ3v) is 5.66. The van der Waals surface area contributed by atoms with Gasteiger partial charge in [-0.3, -0.25) is 14.4 Å². The molecule has 7 heteroatoms. The second kappa shape index (κ2) is 11.6. The van der Waals surface area contributed by atoms with E-state index in [4.69, 9.17) is 0 Å². The molecule has 0 unspecified atom stereocenters. The van der Waals surface area contributed by atoms with E-state index in [1.165, 1.54) is 43.9 Å². The normalized spacial score (nSPS) is 14.4. The molecule has 1 fully saturated rings. The summed E-state index contributed by atoms with van der Waals surface area (Å²) in [7, 11) is 0. The first-order valence-electron chi connectivity index (χ1n) is 9.63. The molecule has 27 heavy (non-hydrogen) atoms. The largest absolute Gasteiger partial charge is 0.355 e. The Hall–Kier alpha value is -2.02. The van der Waals surface area contributed by atoms with Crippen LogP contribution in [-0.4, -0.2) is 43.1 Å². The Morgan fingerprint density at radius 3 is 2.48 bits per heavy atom. The molecule has 3 N–H and O–H groups in total. The van der Waals surface area contributed by atoms with Crippen LogP contribution in [0.15, 0.2) is 29.2 Å². The van der Waals surface area contributed by atoms with Gasteiger partial charge in [0.05, 0.1) is 17.9 Å². The molecule has 0 atom stereocenters. The fourth-order valence-electron chi connectivity index (χ4n) is 3.14. The minimum atomic E-state index is -0.313. The molecule has 3 amide bonds. The summed E-state index contributed by atoms with van der Waals surface area (Å²) in [5.74, 6) is 0.320. The molecule has 0 aromatic heterocycles. The summed E-state index contributed by atoms with van der Waals surface area (Å²) in [6, 6.07) is 7.13. The van der Waals surface area contributed by atoms with Gasteiger partial charge in [-0.2, -0.15) is 0 Å². The number of likely N-dealkylation sites (N-methyl/N-ethyl adjacent to an activating group) is 1. The predicted octanol–water partition coefficient (Wildman–Crippen LogP) is 2.34. The summed E-state index contributed by atoms with van der Waals surface area (Å²) in [4.78, 5) is 36.7. The smallest absolute Gasteiger partial charge is 0.252 e. The van der Waals surface area contributed by atoms with Crippen molar-refractivity contribution in [1.82, 2.24) is 16.0 Å². The third-order valence-electron chi connectivity index (χ3n) is 4.59. The molecule has 0 spiro atoms. The highest BCUT2D eigenvalue weighted by Crippen LogP contribution is 2.24. The molecule has 1 saturated carbocycles. The van der Waals surface area contributed by atoms with Crippen LogP contribution in [0.4, 0.5) is 0 Å². The van der Waals surface area contributed by atoms with E-state index in [0.717, 1.165) is 11.4 Å². The molecule has 0 aliphatic heterocycles. The van der Waals surface area contributed by atoms with Crippen LogP contribution in [0.5, 0.6) is 0 Å². The van der Waals surface area contributed by atoms with Crippen molar-refractivity contribution in [2.24, 2.45) is 5.92 Å². The lowest BCUT2D eigenvalue weighted by Crippen LogP contribution is -2.37. The number of nitrogens with one attached hydrogen (secondary N) is 3. The van der Waals surface area contributed by atoms with Crippen molar-refractivity contribution in [2.75, 3.05) is 25.4 Å². The number of amides is 3. The van der Waals surface area contributed by atoms with Gasteiger partial charge in [-0.05, 0) is 37.8 Å². The van der Waals surface area contributed by atoms with E-state index in [0.29, 0.717) is 18.0 Å². The maximum atomic E-state index is 12.3. The van der Waals surface area contributed by atoms with Gasteiger partial charge < -0.3 is 16.0 Å². The summed E-state index contributed by atoms with van der Waals surface area (Å²) < 4.78 is 0. The van der Waals surface area contributed by atoms with Crippen LogP contribution < -0.4 is 16.0 Å². The second-order valence-corrected chi connectivity index (χ2v) is 7.75. The molecule has 148 valence electrons. The van der Waals surface area contributed by atoms with Gasteiger partial charge in [0.25, 0.3) is 5.91 Å². The topological polar surface area (TPSA) is 87.3 Å². The van der Waals surface area contributed by atoms with E-state index in [1.807, 2.05) is 19.1 Å². The summed E-state index contributed by atoms with van der Waals surface area (Å²) in [6.07, 6.45) is 6.21. The standard InChI is InChI=1S/C20H29N3O3S/c1-2-21-18(24)13-23-20(26)16-10-6-7-11-17(16)27-14-19(25)22-12-15-8-4-3-5-9-15/h6-7,10-11,15H,2-5,8-9,12-14H2,1H3,(H,21,24)(H,22,25)(H,23,26). The van der Waals surface area contributed by atoms with Gasteiger partial charge in [-0.25, -0.2) is 0 Å². The average Bonchev–Trinajstić information content (AvgIpc) is 2.70. The quantitative estimate of drug-likeness (QED) is 0.564. The van der Waals surface area contributed by atoms with Crippen LogP contribution in [0.1, 0.15) is 49.4 Å². The number of thioether (sulfide) groups is 1. The average molecular weight is 392 g/mol. The van der Waals surface area contributed by atoms with Gasteiger partial charge in [-0.15, -0.1) is 11.8 Å². The Labute approximate surface area is 165 Å². The molecular weight excluding hydrogens is 362 g/mol. The van der Waals surface area contributed by atoms with Gasteiger partial charge >= 0.3 is 0 Å². The minimum Gasteiger partial charge on any atom is -0.355 e. The molecule has 0 heterocycles. The summed E-state index contributed by atoms with van der Waals surface area (Å²) in [5, 5.41) is 8.26. The van der Waals surface area contributed by atoms with E-state index in [9.17, 15) is 14.4 Å². The Bertz CT molecular complexity index is 645. The number of carbonyl (C=O) groups excluding carboxylic acids is 3. The van der Waals surface area contributed by atoms with Crippen LogP contribution in [0.2, 0.25) is 0 Å². The van der Waals surface area contributed by atoms with E-state index < -0.39 is 0 Å². The van der Waals surface area contributed by atoms with Crippen molar-refractivity contribution >= 4 is 29.5 Å². The first-order valence-corrected chi connectivity index (χ1v) is 10.6. The zero-order chi connectivity index (χ0) is 19.5. The Morgan fingerprint density at radius 1 is 1.00 bits per heavy atom. The fraction of sp³-hybridized carbons (Fsp3) is 0.550. The lowest BCUT2D eigenvalue weighted by atomic mass is 9.89. The third kappa shape index (κ3) is 7.62. The highest BCUT2D eigenvalue weighted by molar-refractivity contribution is 8.00. The lowest BCUT2D eigenvalue weighted by Gasteiger charge is -2.21. The Morgan fingerprint density at radius 2 is 1.74 bits per heavy atom. The number of benzene rings is 1. The minimum absolute atomic E-state index is 0.0110. The molecule has 0 saturated heterocycles. The van der Waals surface area contributed by atoms with Crippen molar-refractivity contribution in [2.45, 2.75) is 43.9 Å². The van der Waals surface area contributed by atoms with Crippen LogP contribution >= 0.6 is 11.8 Å². The fourth-order valence-corrected chi connectivity index (χ4v) is 4.02. The van der Waals surface area contributed by atoms with Crippen LogP contribution in [-0.2, 0) is 9.59 Å². The predicted molar refractivity (Wildman–Crippen MR) is 108 cm³/mol. The van der Waals surface area contributed by atoms with Gasteiger partial charge in [0.15, 0.2) is 0 Å². The molecular formula is C20H29N3O3S. The first kappa shape index (κ1) is 21.3. The van der Waals surface area contributed by atoms with Gasteiger partial charge in [0.1, 0.15) is 0 Å². The molecule has 1 aromatic rings. The van der Waals surface area contributed by atoms with E-state index >= 15 is 0 Å². The van der Waals surface area contributed by atoms with Crippen LogP contribution in [0.25, 0.3) is 0 Å². The monoisotopic (exact) mass is 391 g/mol. The highest BCUT2D eigenvalue weighted by Gasteiger charge is 2.16. The zero-order valence-corrected chi connectivity index (χ0v) is 16.7. The van der Waals surface area contributed by atoms with Crippen molar-refractivity contribution in [3.63, 3.8) is 0 Å². The molecule has 1 aromatic carbocycles. The van der Waals surface area contributed by atoms with Crippen LogP contribution in [0.3, 0.4) is 0 Å². The number of hydrogen-bond acceptors (Lipinski definition) is 4. The second-order valence-electron chi connectivity index (χ2n) is 6.73. The molecule has 0 radical (unpaired) electrons. The molecule has 6 nitrogen and oxygen atoms in total. The maximum absolute atomic E-state index is 12.3. The summed E-state index contributed by atoms with van der Waals surface area (Å²) in [5.41, 5.74) is 0.479. The molecule has 0 bridgehead atoms. The van der Waals surface area contributed by atoms with Crippen molar-refractivity contribution in [3.05, 3.63) is 29.8 Å². The van der Waals surface area contributed by atoms with Gasteiger partial charge in [-0.1, -0.05) is 31.4 Å². The number of carbonyl (C=O) groups is 3. The van der Waals surface area contributed by atoms with Crippen molar-refractivity contribution in [1.29, 1.82) is 0 Å². The first-order chi connectivity index (χ1) is 13.1. The highest BCUT2D eigenvalue weighted by atomic mass is 32.2. The summed E-state index contributed by atoms with van der Waals surface area (Å²) in [6.45, 7) is 3.03. The molecule has 1 aliphatic carbocycles. The molecule has 1 aliphatic rings. The van der Waals surface area contributed by atoms with Crippen molar-refractivity contribution in [3.8, 4) is 0 Å². The van der Waals surface area contributed by atoms with Crippen LogP contribution in [0, 0.1) is 5.92 Å². The number of rotatable bonds is 9. The maximum Gasteiger partial charge on any atom is 0.252 e. The SMILES string of the molecule is CCNC(=O)CNC(=O)c1ccccc1SCC(=O)NCC1CCCCC1. The van der Waals surface area contributed by atoms with E-state index in [-0.39, 0.29) is 30.0 Å². The van der Waals surface area contributed by atoms with E-state index in [2.05, 4.69) is 16.0 Å². The summed E-state index contributed by atoms with van der Waals surface area (Å²) >= 11 is 1.34.